The zero-order valence-corrected chi connectivity index (χ0v) is 9.97. The Morgan fingerprint density at radius 2 is 2.25 bits per heavy atom. The molecule has 0 fully saturated rings. The Hall–Kier alpha value is -0.920. The monoisotopic (exact) mass is 261 g/mol. The molecule has 0 radical (unpaired) electrons. The van der Waals surface area contributed by atoms with Crippen LogP contribution in [0.5, 0.6) is 0 Å². The molecule has 0 saturated heterocycles. The number of thiophene rings is 1. The van der Waals surface area contributed by atoms with Crippen LogP contribution in [0.3, 0.4) is 0 Å². The van der Waals surface area contributed by atoms with Crippen molar-refractivity contribution in [2.24, 2.45) is 5.73 Å². The van der Waals surface area contributed by atoms with Gasteiger partial charge in [0.1, 0.15) is 6.04 Å². The van der Waals surface area contributed by atoms with Gasteiger partial charge in [-0.2, -0.15) is 0 Å². The average molecular weight is 261 g/mol. The third-order valence-corrected chi connectivity index (χ3v) is 5.40. The average Bonchev–Trinajstić information content (AvgIpc) is 2.57. The van der Waals surface area contributed by atoms with E-state index in [1.807, 2.05) is 0 Å². The van der Waals surface area contributed by atoms with Crippen LogP contribution in [0.25, 0.3) is 0 Å². The molecule has 0 amide bonds. The number of hydrogen-bond donors (Lipinski definition) is 2. The molecule has 5 nitrogen and oxygen atoms in total. The third kappa shape index (κ3) is 2.11. The molecule has 88 valence electrons. The minimum atomic E-state index is -3.01. The summed E-state index contributed by atoms with van der Waals surface area (Å²) in [4.78, 5) is 12.2. The van der Waals surface area contributed by atoms with Crippen molar-refractivity contribution in [2.45, 2.75) is 18.2 Å². The SMILES string of the molecule is NC(C(=O)O)c1cc2c(s1)CCS(=O)(=O)C2. The fourth-order valence-electron chi connectivity index (χ4n) is 1.66. The van der Waals surface area contributed by atoms with Crippen molar-refractivity contribution < 1.29 is 18.3 Å². The van der Waals surface area contributed by atoms with Crippen molar-refractivity contribution in [3.63, 3.8) is 0 Å². The maximum absolute atomic E-state index is 11.4. The standard InChI is InChI=1S/C9H11NO4S2/c10-8(9(11)12)7-3-5-4-16(13,14)2-1-6(5)15-7/h3,8H,1-2,4,10H2,(H,11,12). The molecule has 0 aromatic carbocycles. The van der Waals surface area contributed by atoms with E-state index in [0.29, 0.717) is 16.9 Å². The van der Waals surface area contributed by atoms with Gasteiger partial charge in [0.2, 0.25) is 0 Å². The summed E-state index contributed by atoms with van der Waals surface area (Å²) in [5.41, 5.74) is 6.19. The molecule has 1 aromatic rings. The highest BCUT2D eigenvalue weighted by Crippen LogP contribution is 2.31. The van der Waals surface area contributed by atoms with Gasteiger partial charge >= 0.3 is 5.97 Å². The Bertz CT molecular complexity index is 532. The van der Waals surface area contributed by atoms with E-state index in [1.54, 1.807) is 6.07 Å². The highest BCUT2D eigenvalue weighted by Gasteiger charge is 2.26. The van der Waals surface area contributed by atoms with E-state index in [4.69, 9.17) is 10.8 Å². The molecule has 1 atom stereocenters. The molecular formula is C9H11NO4S2. The van der Waals surface area contributed by atoms with Crippen LogP contribution in [0.2, 0.25) is 0 Å². The number of carbonyl (C=O) groups is 1. The molecule has 1 aliphatic rings. The van der Waals surface area contributed by atoms with Crippen LogP contribution in [0, 0.1) is 0 Å². The summed E-state index contributed by atoms with van der Waals surface area (Å²) in [7, 11) is -3.01. The van der Waals surface area contributed by atoms with Crippen molar-refractivity contribution in [1.29, 1.82) is 0 Å². The lowest BCUT2D eigenvalue weighted by Crippen LogP contribution is -2.19. The quantitative estimate of drug-likeness (QED) is 0.798. The van der Waals surface area contributed by atoms with Gasteiger partial charge in [0.15, 0.2) is 9.84 Å². The molecule has 0 spiro atoms. The molecule has 3 N–H and O–H groups in total. The van der Waals surface area contributed by atoms with E-state index < -0.39 is 21.8 Å². The van der Waals surface area contributed by atoms with Crippen molar-refractivity contribution in [3.8, 4) is 0 Å². The maximum Gasteiger partial charge on any atom is 0.325 e. The van der Waals surface area contributed by atoms with Gasteiger partial charge in [0.05, 0.1) is 11.5 Å². The Morgan fingerprint density at radius 3 is 2.88 bits per heavy atom. The number of rotatable bonds is 2. The molecule has 0 saturated carbocycles. The summed E-state index contributed by atoms with van der Waals surface area (Å²) in [6.07, 6.45) is 0.467. The summed E-state index contributed by atoms with van der Waals surface area (Å²) in [5.74, 6) is -0.950. The Labute approximate surface area is 96.8 Å². The second-order valence-electron chi connectivity index (χ2n) is 3.76. The molecule has 1 aliphatic heterocycles. The van der Waals surface area contributed by atoms with E-state index in [0.717, 1.165) is 4.88 Å². The van der Waals surface area contributed by atoms with Gasteiger partial charge in [-0.15, -0.1) is 11.3 Å². The minimum absolute atomic E-state index is 0.00513. The summed E-state index contributed by atoms with van der Waals surface area (Å²) >= 11 is 1.30. The second-order valence-corrected chi connectivity index (χ2v) is 7.11. The van der Waals surface area contributed by atoms with Gasteiger partial charge < -0.3 is 10.8 Å². The number of hydrogen-bond acceptors (Lipinski definition) is 5. The number of nitrogens with two attached hydrogens (primary N) is 1. The van der Waals surface area contributed by atoms with Crippen LogP contribution < -0.4 is 5.73 Å². The van der Waals surface area contributed by atoms with E-state index >= 15 is 0 Å². The summed E-state index contributed by atoms with van der Waals surface area (Å²) < 4.78 is 22.8. The third-order valence-electron chi connectivity index (χ3n) is 2.50. The van der Waals surface area contributed by atoms with Crippen LogP contribution >= 0.6 is 11.3 Å². The molecule has 16 heavy (non-hydrogen) atoms. The molecule has 0 bridgehead atoms. The molecule has 1 unspecified atom stereocenters. The second kappa shape index (κ2) is 3.83. The Balaban J connectivity index is 2.35. The number of aliphatic carboxylic acids is 1. The predicted molar refractivity (Wildman–Crippen MR) is 60.1 cm³/mol. The largest absolute Gasteiger partial charge is 0.480 e. The van der Waals surface area contributed by atoms with Crippen molar-refractivity contribution in [1.82, 2.24) is 0 Å². The van der Waals surface area contributed by atoms with Crippen molar-refractivity contribution >= 4 is 27.1 Å². The first-order valence-electron chi connectivity index (χ1n) is 4.69. The van der Waals surface area contributed by atoms with Crippen LogP contribution in [0.1, 0.15) is 21.4 Å². The van der Waals surface area contributed by atoms with Crippen LogP contribution in [0.4, 0.5) is 0 Å². The summed E-state index contributed by atoms with van der Waals surface area (Å²) in [6.45, 7) is 0. The number of carboxylic acids is 1. The molecule has 0 aliphatic carbocycles. The van der Waals surface area contributed by atoms with Gasteiger partial charge in [0.25, 0.3) is 0 Å². The van der Waals surface area contributed by atoms with Gasteiger partial charge in [-0.25, -0.2) is 8.42 Å². The molecular weight excluding hydrogens is 250 g/mol. The first kappa shape index (κ1) is 11.6. The van der Waals surface area contributed by atoms with Gasteiger partial charge in [-0.05, 0) is 18.1 Å². The maximum atomic E-state index is 11.4. The number of sulfone groups is 1. The van der Waals surface area contributed by atoms with E-state index in [-0.39, 0.29) is 11.5 Å². The Morgan fingerprint density at radius 1 is 1.56 bits per heavy atom. The van der Waals surface area contributed by atoms with Crippen molar-refractivity contribution in [2.75, 3.05) is 5.75 Å². The predicted octanol–water partition coefficient (Wildman–Crippen LogP) is 0.303. The zero-order valence-electron chi connectivity index (χ0n) is 8.34. The lowest BCUT2D eigenvalue weighted by atomic mass is 10.2. The highest BCUT2D eigenvalue weighted by molar-refractivity contribution is 7.90. The molecule has 2 rings (SSSR count). The zero-order chi connectivity index (χ0) is 11.9. The van der Waals surface area contributed by atoms with Gasteiger partial charge in [0, 0.05) is 9.75 Å². The topological polar surface area (TPSA) is 97.5 Å². The molecule has 1 aromatic heterocycles. The highest BCUT2D eigenvalue weighted by atomic mass is 32.2. The van der Waals surface area contributed by atoms with E-state index in [9.17, 15) is 13.2 Å². The minimum Gasteiger partial charge on any atom is -0.480 e. The number of fused-ring (bicyclic) bond motifs is 1. The number of aryl methyl sites for hydroxylation is 1. The van der Waals surface area contributed by atoms with Gasteiger partial charge in [-0.3, -0.25) is 4.79 Å². The molecule has 2 heterocycles. The summed E-state index contributed by atoms with van der Waals surface area (Å²) in [5, 5.41) is 8.76. The lowest BCUT2D eigenvalue weighted by molar-refractivity contribution is -0.138. The van der Waals surface area contributed by atoms with E-state index in [2.05, 4.69) is 0 Å². The Kier molecular flexibility index (Phi) is 2.77. The fraction of sp³-hybridized carbons (Fsp3) is 0.444. The fourth-order valence-corrected chi connectivity index (χ4v) is 4.45. The normalized spacial score (nSPS) is 20.1. The van der Waals surface area contributed by atoms with Crippen LogP contribution in [0.15, 0.2) is 6.07 Å². The molecule has 7 heteroatoms. The van der Waals surface area contributed by atoms with Crippen LogP contribution in [-0.2, 0) is 26.8 Å². The van der Waals surface area contributed by atoms with Crippen LogP contribution in [-0.4, -0.2) is 25.2 Å². The van der Waals surface area contributed by atoms with Gasteiger partial charge in [-0.1, -0.05) is 0 Å². The first-order chi connectivity index (χ1) is 7.39. The smallest absolute Gasteiger partial charge is 0.325 e. The van der Waals surface area contributed by atoms with Crippen molar-refractivity contribution in [3.05, 3.63) is 21.4 Å². The summed E-state index contributed by atoms with van der Waals surface area (Å²) in [6, 6.07) is 0.550. The first-order valence-corrected chi connectivity index (χ1v) is 7.33. The lowest BCUT2D eigenvalue weighted by Gasteiger charge is -2.10. The van der Waals surface area contributed by atoms with E-state index in [1.165, 1.54) is 11.3 Å². The number of carboxylic acid groups (broad SMARTS) is 1.